The van der Waals surface area contributed by atoms with Crippen molar-refractivity contribution < 1.29 is 19.4 Å². The first-order valence-corrected chi connectivity index (χ1v) is 4.94. The van der Waals surface area contributed by atoms with Crippen molar-refractivity contribution in [2.45, 2.75) is 43.8 Å². The molecule has 1 N–H and O–H groups in total. The molecule has 0 aliphatic heterocycles. The van der Waals surface area contributed by atoms with E-state index in [1.807, 2.05) is 0 Å². The molecule has 14 heavy (non-hydrogen) atoms. The van der Waals surface area contributed by atoms with Crippen molar-refractivity contribution in [1.82, 2.24) is 0 Å². The molecular formula is C10H18O4. The number of carbonyl (C=O) groups is 1. The van der Waals surface area contributed by atoms with Gasteiger partial charge in [0, 0.05) is 14.2 Å². The number of hydrogen-bond acceptors (Lipinski definition) is 3. The van der Waals surface area contributed by atoms with Crippen molar-refractivity contribution in [2.75, 3.05) is 14.2 Å². The second-order valence-corrected chi connectivity index (χ2v) is 3.81. The van der Waals surface area contributed by atoms with Crippen LogP contribution in [0.4, 0.5) is 0 Å². The van der Waals surface area contributed by atoms with Gasteiger partial charge < -0.3 is 14.6 Å². The number of ether oxygens (including phenoxy) is 2. The highest BCUT2D eigenvalue weighted by atomic mass is 16.5. The summed E-state index contributed by atoms with van der Waals surface area (Å²) in [5.41, 5.74) is -0.612. The molecule has 82 valence electrons. The molecule has 4 heteroatoms. The van der Waals surface area contributed by atoms with Crippen LogP contribution in [-0.4, -0.2) is 37.0 Å². The van der Waals surface area contributed by atoms with Crippen LogP contribution in [0, 0.1) is 0 Å². The number of hydrogen-bond donors (Lipinski definition) is 1. The summed E-state index contributed by atoms with van der Waals surface area (Å²) >= 11 is 0. The molecule has 2 atom stereocenters. The van der Waals surface area contributed by atoms with Gasteiger partial charge in [0.25, 0.3) is 0 Å². The predicted octanol–water partition coefficient (Wildman–Crippen LogP) is 1.44. The van der Waals surface area contributed by atoms with Gasteiger partial charge in [-0.1, -0.05) is 12.8 Å². The average molecular weight is 202 g/mol. The van der Waals surface area contributed by atoms with Gasteiger partial charge in [0.15, 0.2) is 0 Å². The Morgan fingerprint density at radius 2 is 2.21 bits per heavy atom. The van der Waals surface area contributed by atoms with E-state index in [2.05, 4.69) is 0 Å². The fraction of sp³-hybridized carbons (Fsp3) is 0.900. The summed E-state index contributed by atoms with van der Waals surface area (Å²) in [6, 6.07) is 0. The van der Waals surface area contributed by atoms with Gasteiger partial charge in [0.1, 0.15) is 5.60 Å². The minimum Gasteiger partial charge on any atom is -0.481 e. The molecule has 0 aromatic carbocycles. The van der Waals surface area contributed by atoms with E-state index in [9.17, 15) is 4.79 Å². The Bertz CT molecular complexity index is 204. The van der Waals surface area contributed by atoms with Crippen molar-refractivity contribution in [2.24, 2.45) is 0 Å². The maximum absolute atomic E-state index is 10.8. The molecule has 1 aliphatic rings. The maximum Gasteiger partial charge on any atom is 0.306 e. The van der Waals surface area contributed by atoms with E-state index < -0.39 is 11.6 Å². The van der Waals surface area contributed by atoms with Crippen molar-refractivity contribution in [1.29, 1.82) is 0 Å². The number of carboxylic acids is 1. The van der Waals surface area contributed by atoms with Gasteiger partial charge in [-0.2, -0.15) is 0 Å². The van der Waals surface area contributed by atoms with Gasteiger partial charge in [0.05, 0.1) is 12.5 Å². The summed E-state index contributed by atoms with van der Waals surface area (Å²) in [7, 11) is 3.19. The predicted molar refractivity (Wildman–Crippen MR) is 51.3 cm³/mol. The zero-order valence-corrected chi connectivity index (χ0v) is 8.78. The maximum atomic E-state index is 10.8. The van der Waals surface area contributed by atoms with Crippen LogP contribution in [0.3, 0.4) is 0 Å². The van der Waals surface area contributed by atoms with Gasteiger partial charge in [-0.25, -0.2) is 0 Å². The topological polar surface area (TPSA) is 55.8 Å². The molecule has 0 amide bonds. The highest BCUT2D eigenvalue weighted by molar-refractivity contribution is 5.68. The number of aliphatic carboxylic acids is 1. The van der Waals surface area contributed by atoms with E-state index in [4.69, 9.17) is 14.6 Å². The average Bonchev–Trinajstić information content (AvgIpc) is 2.17. The second kappa shape index (κ2) is 4.75. The van der Waals surface area contributed by atoms with Crippen LogP contribution in [0.1, 0.15) is 32.1 Å². The SMILES string of the molecule is COC1CCCCC1(CC(=O)O)OC. The van der Waals surface area contributed by atoms with E-state index in [-0.39, 0.29) is 12.5 Å². The molecule has 0 heterocycles. The molecule has 0 aromatic heterocycles. The molecule has 4 nitrogen and oxygen atoms in total. The molecular weight excluding hydrogens is 184 g/mol. The Labute approximate surface area is 84.2 Å². The smallest absolute Gasteiger partial charge is 0.306 e. The van der Waals surface area contributed by atoms with E-state index in [1.165, 1.54) is 0 Å². The quantitative estimate of drug-likeness (QED) is 0.749. The molecule has 0 spiro atoms. The van der Waals surface area contributed by atoms with E-state index >= 15 is 0 Å². The third-order valence-electron chi connectivity index (χ3n) is 3.04. The minimum absolute atomic E-state index is 0.0298. The Morgan fingerprint density at radius 3 is 2.71 bits per heavy atom. The largest absolute Gasteiger partial charge is 0.481 e. The molecule has 1 rings (SSSR count). The van der Waals surface area contributed by atoms with Crippen molar-refractivity contribution in [3.8, 4) is 0 Å². The summed E-state index contributed by atoms with van der Waals surface area (Å²) in [4.78, 5) is 10.8. The molecule has 0 bridgehead atoms. The summed E-state index contributed by atoms with van der Waals surface area (Å²) in [6.45, 7) is 0. The molecule has 0 aromatic rings. The first kappa shape index (κ1) is 11.5. The lowest BCUT2D eigenvalue weighted by Crippen LogP contribution is -2.49. The standard InChI is InChI=1S/C10H18O4/c1-13-8-5-3-4-6-10(8,14-2)7-9(11)12/h8H,3-7H2,1-2H3,(H,11,12). The zero-order chi connectivity index (χ0) is 10.6. The Morgan fingerprint density at radius 1 is 1.50 bits per heavy atom. The lowest BCUT2D eigenvalue weighted by atomic mass is 9.79. The van der Waals surface area contributed by atoms with Crippen molar-refractivity contribution in [3.05, 3.63) is 0 Å². The normalized spacial score (nSPS) is 32.9. The molecule has 0 saturated heterocycles. The third-order valence-corrected chi connectivity index (χ3v) is 3.04. The molecule has 1 saturated carbocycles. The lowest BCUT2D eigenvalue weighted by Gasteiger charge is -2.41. The van der Waals surface area contributed by atoms with Gasteiger partial charge in [-0.05, 0) is 12.8 Å². The summed E-state index contributed by atoms with van der Waals surface area (Å²) in [6.07, 6.45) is 3.70. The Balaban J connectivity index is 2.75. The van der Waals surface area contributed by atoms with Crippen LogP contribution in [-0.2, 0) is 14.3 Å². The molecule has 1 aliphatic carbocycles. The van der Waals surface area contributed by atoms with Gasteiger partial charge in [-0.15, -0.1) is 0 Å². The number of methoxy groups -OCH3 is 2. The van der Waals surface area contributed by atoms with Gasteiger partial charge in [-0.3, -0.25) is 4.79 Å². The van der Waals surface area contributed by atoms with Crippen LogP contribution in [0.15, 0.2) is 0 Å². The first-order chi connectivity index (χ1) is 6.64. The second-order valence-electron chi connectivity index (χ2n) is 3.81. The fourth-order valence-corrected chi connectivity index (χ4v) is 2.27. The fourth-order valence-electron chi connectivity index (χ4n) is 2.27. The minimum atomic E-state index is -0.823. The molecule has 1 fully saturated rings. The van der Waals surface area contributed by atoms with Gasteiger partial charge >= 0.3 is 5.97 Å². The van der Waals surface area contributed by atoms with Gasteiger partial charge in [0.2, 0.25) is 0 Å². The van der Waals surface area contributed by atoms with Crippen LogP contribution >= 0.6 is 0 Å². The van der Waals surface area contributed by atoms with Crippen LogP contribution in [0.2, 0.25) is 0 Å². The highest BCUT2D eigenvalue weighted by Gasteiger charge is 2.43. The number of carboxylic acid groups (broad SMARTS) is 1. The monoisotopic (exact) mass is 202 g/mol. The summed E-state index contributed by atoms with van der Waals surface area (Å²) in [5, 5.41) is 8.84. The molecule has 2 unspecified atom stereocenters. The van der Waals surface area contributed by atoms with Crippen LogP contribution in [0.5, 0.6) is 0 Å². The van der Waals surface area contributed by atoms with Crippen LogP contribution < -0.4 is 0 Å². The Kier molecular flexibility index (Phi) is 3.89. The third kappa shape index (κ3) is 2.25. The number of rotatable bonds is 4. The Hall–Kier alpha value is -0.610. The zero-order valence-electron chi connectivity index (χ0n) is 8.78. The van der Waals surface area contributed by atoms with E-state index in [0.717, 1.165) is 25.7 Å². The summed E-state index contributed by atoms with van der Waals surface area (Å²) < 4.78 is 10.7. The van der Waals surface area contributed by atoms with Crippen LogP contribution in [0.25, 0.3) is 0 Å². The van der Waals surface area contributed by atoms with Crippen molar-refractivity contribution >= 4 is 5.97 Å². The summed E-state index contributed by atoms with van der Waals surface area (Å²) in [5.74, 6) is -0.823. The van der Waals surface area contributed by atoms with Crippen molar-refractivity contribution in [3.63, 3.8) is 0 Å². The van der Waals surface area contributed by atoms with E-state index in [1.54, 1.807) is 14.2 Å². The lowest BCUT2D eigenvalue weighted by molar-refractivity contribution is -0.165. The first-order valence-electron chi connectivity index (χ1n) is 4.94. The highest BCUT2D eigenvalue weighted by Crippen LogP contribution is 2.35. The van der Waals surface area contributed by atoms with E-state index in [0.29, 0.717) is 0 Å². The molecule has 0 radical (unpaired) electrons.